The maximum atomic E-state index is 13.7. The molecule has 1 aromatic heterocycles. The van der Waals surface area contributed by atoms with Crippen LogP contribution >= 0.6 is 35.0 Å². The Hall–Kier alpha value is -2.62. The Morgan fingerprint density at radius 3 is 2.48 bits per heavy atom. The number of nitrogens with zero attached hydrogens (tertiary/aromatic N) is 3. The van der Waals surface area contributed by atoms with E-state index in [-0.39, 0.29) is 28.8 Å². The van der Waals surface area contributed by atoms with E-state index in [0.29, 0.717) is 28.2 Å². The van der Waals surface area contributed by atoms with Crippen molar-refractivity contribution in [2.45, 2.75) is 25.0 Å². The lowest BCUT2D eigenvalue weighted by Crippen LogP contribution is -2.18. The highest BCUT2D eigenvalue weighted by Crippen LogP contribution is 2.29. The molecular weight excluding hydrogens is 464 g/mol. The predicted octanol–water partition coefficient (Wildman–Crippen LogP) is 4.66. The first-order chi connectivity index (χ1) is 14.9. The third-order valence-electron chi connectivity index (χ3n) is 4.13. The van der Waals surface area contributed by atoms with Crippen LogP contribution in [0, 0.1) is 5.82 Å². The summed E-state index contributed by atoms with van der Waals surface area (Å²) in [5, 5.41) is 14.4. The van der Waals surface area contributed by atoms with Gasteiger partial charge in [-0.25, -0.2) is 4.39 Å². The number of aromatic nitrogens is 3. The summed E-state index contributed by atoms with van der Waals surface area (Å²) in [6.07, 6.45) is -0.0833. The van der Waals surface area contributed by atoms with Gasteiger partial charge in [0.1, 0.15) is 11.6 Å². The van der Waals surface area contributed by atoms with Crippen LogP contribution < -0.4 is 10.6 Å². The van der Waals surface area contributed by atoms with Crippen LogP contribution in [0.3, 0.4) is 0 Å². The van der Waals surface area contributed by atoms with Crippen molar-refractivity contribution in [3.63, 3.8) is 0 Å². The summed E-state index contributed by atoms with van der Waals surface area (Å²) in [7, 11) is 0. The first-order valence-electron chi connectivity index (χ1n) is 9.22. The van der Waals surface area contributed by atoms with Crippen LogP contribution in [-0.2, 0) is 22.6 Å². The number of rotatable bonds is 8. The molecule has 31 heavy (non-hydrogen) atoms. The summed E-state index contributed by atoms with van der Waals surface area (Å²) < 4.78 is 15.4. The maximum Gasteiger partial charge on any atom is 0.234 e. The van der Waals surface area contributed by atoms with Crippen LogP contribution in [0.5, 0.6) is 0 Å². The lowest BCUT2D eigenvalue weighted by Gasteiger charge is -2.09. The number of hydrogen-bond acceptors (Lipinski definition) is 5. The minimum atomic E-state index is -0.519. The number of halogens is 3. The highest BCUT2D eigenvalue weighted by molar-refractivity contribution is 7.99. The molecule has 0 saturated heterocycles. The minimum absolute atomic E-state index is 0.0579. The number of amides is 2. The van der Waals surface area contributed by atoms with Gasteiger partial charge in [-0.1, -0.05) is 53.2 Å². The van der Waals surface area contributed by atoms with Crippen molar-refractivity contribution < 1.29 is 14.0 Å². The molecule has 11 heteroatoms. The molecule has 0 bridgehead atoms. The quantitative estimate of drug-likeness (QED) is 0.456. The second-order valence-electron chi connectivity index (χ2n) is 6.29. The Bertz CT molecular complexity index is 1110. The molecule has 2 aromatic carbocycles. The molecule has 0 spiro atoms. The minimum Gasteiger partial charge on any atom is -0.324 e. The second kappa shape index (κ2) is 10.6. The van der Waals surface area contributed by atoms with Crippen LogP contribution in [0.2, 0.25) is 10.0 Å². The lowest BCUT2D eigenvalue weighted by atomic mass is 10.3. The van der Waals surface area contributed by atoms with Crippen molar-refractivity contribution >= 4 is 58.2 Å². The van der Waals surface area contributed by atoms with E-state index < -0.39 is 11.7 Å². The summed E-state index contributed by atoms with van der Waals surface area (Å²) in [5.41, 5.74) is 0.517. The summed E-state index contributed by atoms with van der Waals surface area (Å²) in [6.45, 7) is 2.37. The fourth-order valence-electron chi connectivity index (χ4n) is 2.69. The molecule has 0 aliphatic heterocycles. The van der Waals surface area contributed by atoms with Gasteiger partial charge in [-0.15, -0.1) is 10.2 Å². The number of para-hydroxylation sites is 1. The van der Waals surface area contributed by atoms with Crippen LogP contribution in [0.15, 0.2) is 47.6 Å². The molecule has 0 unspecified atom stereocenters. The fourth-order valence-corrected chi connectivity index (χ4v) is 3.86. The first kappa shape index (κ1) is 23.1. The smallest absolute Gasteiger partial charge is 0.234 e. The van der Waals surface area contributed by atoms with Crippen molar-refractivity contribution in [1.82, 2.24) is 14.8 Å². The van der Waals surface area contributed by atoms with Gasteiger partial charge in [0.05, 0.1) is 33.6 Å². The van der Waals surface area contributed by atoms with Crippen molar-refractivity contribution in [3.05, 3.63) is 64.2 Å². The molecule has 0 fully saturated rings. The van der Waals surface area contributed by atoms with Crippen LogP contribution in [0.4, 0.5) is 15.8 Å². The second-order valence-corrected chi connectivity index (χ2v) is 8.01. The Morgan fingerprint density at radius 1 is 1.03 bits per heavy atom. The average Bonchev–Trinajstić information content (AvgIpc) is 3.13. The predicted molar refractivity (Wildman–Crippen MR) is 120 cm³/mol. The van der Waals surface area contributed by atoms with E-state index >= 15 is 0 Å². The fraction of sp³-hybridized carbons (Fsp3) is 0.200. The van der Waals surface area contributed by atoms with Gasteiger partial charge < -0.3 is 15.2 Å². The number of carbonyl (C=O) groups is 2. The van der Waals surface area contributed by atoms with E-state index in [9.17, 15) is 14.0 Å². The molecular formula is C20H18Cl2FN5O2S. The van der Waals surface area contributed by atoms with E-state index in [0.717, 1.165) is 0 Å². The topological polar surface area (TPSA) is 88.9 Å². The van der Waals surface area contributed by atoms with Crippen LogP contribution in [0.1, 0.15) is 12.7 Å². The Labute approximate surface area is 192 Å². The third-order valence-corrected chi connectivity index (χ3v) is 5.92. The molecule has 2 N–H and O–H groups in total. The molecule has 3 aromatic rings. The van der Waals surface area contributed by atoms with Crippen molar-refractivity contribution in [1.29, 1.82) is 0 Å². The SMILES string of the molecule is CCn1c(CC(=O)Nc2ccccc2F)nnc1SCC(=O)Nc1cccc(Cl)c1Cl. The van der Waals surface area contributed by atoms with Gasteiger partial charge in [0.2, 0.25) is 11.8 Å². The molecule has 0 aliphatic rings. The molecule has 1 heterocycles. The molecule has 2 amide bonds. The number of thioether (sulfide) groups is 1. The van der Waals surface area contributed by atoms with Gasteiger partial charge in [-0.05, 0) is 31.2 Å². The highest BCUT2D eigenvalue weighted by Gasteiger charge is 2.17. The molecule has 162 valence electrons. The Balaban J connectivity index is 1.60. The molecule has 0 atom stereocenters. The van der Waals surface area contributed by atoms with Gasteiger partial charge in [-0.3, -0.25) is 9.59 Å². The van der Waals surface area contributed by atoms with Gasteiger partial charge in [0.15, 0.2) is 5.16 Å². The van der Waals surface area contributed by atoms with Gasteiger partial charge in [-0.2, -0.15) is 0 Å². The molecule has 7 nitrogen and oxygen atoms in total. The number of carbonyl (C=O) groups excluding carboxylic acids is 2. The average molecular weight is 482 g/mol. The molecule has 0 saturated carbocycles. The molecule has 0 aliphatic carbocycles. The van der Waals surface area contributed by atoms with E-state index in [4.69, 9.17) is 23.2 Å². The molecule has 0 radical (unpaired) electrons. The zero-order valence-corrected chi connectivity index (χ0v) is 18.7. The number of anilines is 2. The van der Waals surface area contributed by atoms with E-state index in [1.807, 2.05) is 6.92 Å². The lowest BCUT2D eigenvalue weighted by molar-refractivity contribution is -0.116. The van der Waals surface area contributed by atoms with E-state index in [2.05, 4.69) is 20.8 Å². The summed E-state index contributed by atoms with van der Waals surface area (Å²) in [4.78, 5) is 24.6. The monoisotopic (exact) mass is 481 g/mol. The summed E-state index contributed by atoms with van der Waals surface area (Å²) >= 11 is 13.2. The zero-order valence-electron chi connectivity index (χ0n) is 16.4. The maximum absolute atomic E-state index is 13.7. The Morgan fingerprint density at radius 2 is 1.74 bits per heavy atom. The van der Waals surface area contributed by atoms with Crippen LogP contribution in [0.25, 0.3) is 0 Å². The number of hydrogen-bond donors (Lipinski definition) is 2. The van der Waals surface area contributed by atoms with Gasteiger partial charge >= 0.3 is 0 Å². The molecule has 3 rings (SSSR count). The zero-order chi connectivity index (χ0) is 22.4. The number of nitrogens with one attached hydrogen (secondary N) is 2. The van der Waals surface area contributed by atoms with E-state index in [1.165, 1.54) is 23.9 Å². The van der Waals surface area contributed by atoms with Crippen LogP contribution in [-0.4, -0.2) is 32.3 Å². The standard InChI is InChI=1S/C20H18Cl2FN5O2S/c1-2-28-16(10-17(29)24-14-8-4-3-7-13(14)23)26-27-20(28)31-11-18(30)25-15-9-5-6-12(21)19(15)22/h3-9H,2,10-11H2,1H3,(H,24,29)(H,25,30). The van der Waals surface area contributed by atoms with Crippen molar-refractivity contribution in [3.8, 4) is 0 Å². The van der Waals surface area contributed by atoms with Gasteiger partial charge in [0.25, 0.3) is 0 Å². The summed E-state index contributed by atoms with van der Waals surface area (Å²) in [5.74, 6) is -0.759. The highest BCUT2D eigenvalue weighted by atomic mass is 35.5. The summed E-state index contributed by atoms with van der Waals surface area (Å²) in [6, 6.07) is 10.9. The first-order valence-corrected chi connectivity index (χ1v) is 11.0. The largest absolute Gasteiger partial charge is 0.324 e. The van der Waals surface area contributed by atoms with Crippen molar-refractivity contribution in [2.24, 2.45) is 0 Å². The normalized spacial score (nSPS) is 10.7. The van der Waals surface area contributed by atoms with Crippen molar-refractivity contribution in [2.75, 3.05) is 16.4 Å². The van der Waals surface area contributed by atoms with E-state index in [1.54, 1.807) is 34.9 Å². The Kier molecular flexibility index (Phi) is 7.89. The van der Waals surface area contributed by atoms with Gasteiger partial charge in [0, 0.05) is 6.54 Å². The third kappa shape index (κ3) is 5.96. The number of benzene rings is 2.